The Morgan fingerprint density at radius 1 is 1.53 bits per heavy atom. The van der Waals surface area contributed by atoms with Crippen molar-refractivity contribution in [3.63, 3.8) is 0 Å². The molecule has 0 radical (unpaired) electrons. The van der Waals surface area contributed by atoms with Gasteiger partial charge in [-0.2, -0.15) is 0 Å². The van der Waals surface area contributed by atoms with Crippen LogP contribution >= 0.6 is 23.2 Å². The molecule has 1 aromatic carbocycles. The topological polar surface area (TPSA) is 46.5 Å². The number of aldehydes is 1. The quantitative estimate of drug-likeness (QED) is 0.642. The van der Waals surface area contributed by atoms with Crippen LogP contribution in [0.25, 0.3) is 0 Å². The van der Waals surface area contributed by atoms with Gasteiger partial charge in [-0.1, -0.05) is 11.6 Å². The third-order valence-electron chi connectivity index (χ3n) is 1.70. The van der Waals surface area contributed by atoms with E-state index in [1.54, 1.807) is 12.1 Å². The molecule has 1 atom stereocenters. The molecular weight excluding hydrogens is 239 g/mol. The van der Waals surface area contributed by atoms with Crippen LogP contribution in [0.1, 0.15) is 10.4 Å². The molecule has 15 heavy (non-hydrogen) atoms. The number of rotatable bonds is 5. The fourth-order valence-corrected chi connectivity index (χ4v) is 1.27. The molecule has 0 bridgehead atoms. The van der Waals surface area contributed by atoms with Crippen LogP contribution in [0.3, 0.4) is 0 Å². The summed E-state index contributed by atoms with van der Waals surface area (Å²) in [6.07, 6.45) is -0.0306. The second kappa shape index (κ2) is 5.95. The first kappa shape index (κ1) is 12.3. The Morgan fingerprint density at radius 2 is 2.27 bits per heavy atom. The molecule has 3 nitrogen and oxygen atoms in total. The van der Waals surface area contributed by atoms with Gasteiger partial charge >= 0.3 is 0 Å². The zero-order valence-corrected chi connectivity index (χ0v) is 9.33. The molecule has 0 aliphatic carbocycles. The lowest BCUT2D eigenvalue weighted by molar-refractivity contribution is 0.112. The lowest BCUT2D eigenvalue weighted by Gasteiger charge is -2.10. The van der Waals surface area contributed by atoms with Crippen LogP contribution in [-0.4, -0.2) is 30.0 Å². The van der Waals surface area contributed by atoms with Gasteiger partial charge in [-0.15, -0.1) is 11.6 Å². The van der Waals surface area contributed by atoms with Crippen molar-refractivity contribution < 1.29 is 14.6 Å². The lowest BCUT2D eigenvalue weighted by atomic mass is 10.2. The SMILES string of the molecule is O=Cc1ccc(OCC(O)CCl)c(Cl)c1. The number of benzene rings is 1. The van der Waals surface area contributed by atoms with E-state index in [1.807, 2.05) is 0 Å². The van der Waals surface area contributed by atoms with Gasteiger partial charge in [0.05, 0.1) is 10.9 Å². The molecule has 1 unspecified atom stereocenters. The fraction of sp³-hybridized carbons (Fsp3) is 0.300. The zero-order valence-electron chi connectivity index (χ0n) is 7.82. The molecule has 1 N–H and O–H groups in total. The fourth-order valence-electron chi connectivity index (χ4n) is 0.938. The Balaban J connectivity index is 2.65. The molecule has 0 aliphatic heterocycles. The first-order chi connectivity index (χ1) is 7.17. The Morgan fingerprint density at radius 3 is 2.80 bits per heavy atom. The second-order valence-corrected chi connectivity index (χ2v) is 3.64. The minimum absolute atomic E-state index is 0.0731. The van der Waals surface area contributed by atoms with Crippen LogP contribution in [-0.2, 0) is 0 Å². The number of aliphatic hydroxyl groups is 1. The number of hydrogen-bond acceptors (Lipinski definition) is 3. The van der Waals surface area contributed by atoms with Crippen molar-refractivity contribution in [1.29, 1.82) is 0 Å². The average Bonchev–Trinajstić information content (AvgIpc) is 2.26. The molecule has 82 valence electrons. The molecule has 1 aromatic rings. The zero-order chi connectivity index (χ0) is 11.3. The first-order valence-electron chi connectivity index (χ1n) is 4.29. The van der Waals surface area contributed by atoms with Crippen molar-refractivity contribution in [2.75, 3.05) is 12.5 Å². The molecule has 0 aromatic heterocycles. The summed E-state index contributed by atoms with van der Waals surface area (Å²) in [6, 6.07) is 4.66. The molecule has 0 amide bonds. The largest absolute Gasteiger partial charge is 0.489 e. The van der Waals surface area contributed by atoms with Crippen LogP contribution in [0.4, 0.5) is 0 Å². The van der Waals surface area contributed by atoms with Gasteiger partial charge in [0.1, 0.15) is 24.7 Å². The van der Waals surface area contributed by atoms with Crippen molar-refractivity contribution in [2.45, 2.75) is 6.10 Å². The number of ether oxygens (including phenoxy) is 1. The van der Waals surface area contributed by atoms with Gasteiger partial charge in [0.15, 0.2) is 0 Å². The molecule has 0 saturated carbocycles. The maximum absolute atomic E-state index is 10.4. The molecule has 0 saturated heterocycles. The monoisotopic (exact) mass is 248 g/mol. The third kappa shape index (κ3) is 3.70. The maximum atomic E-state index is 10.4. The van der Waals surface area contributed by atoms with E-state index in [1.165, 1.54) is 6.07 Å². The van der Waals surface area contributed by atoms with Gasteiger partial charge in [-0.05, 0) is 18.2 Å². The van der Waals surface area contributed by atoms with Crippen LogP contribution in [0, 0.1) is 0 Å². The summed E-state index contributed by atoms with van der Waals surface area (Å²) in [4.78, 5) is 10.4. The van der Waals surface area contributed by atoms with Gasteiger partial charge in [-0.25, -0.2) is 0 Å². The highest BCUT2D eigenvalue weighted by Gasteiger charge is 2.06. The van der Waals surface area contributed by atoms with Crippen molar-refractivity contribution >= 4 is 29.5 Å². The molecule has 0 fully saturated rings. The van der Waals surface area contributed by atoms with Crippen molar-refractivity contribution in [3.8, 4) is 5.75 Å². The highest BCUT2D eigenvalue weighted by Crippen LogP contribution is 2.24. The number of aliphatic hydroxyl groups excluding tert-OH is 1. The summed E-state index contributed by atoms with van der Waals surface area (Å²) < 4.78 is 5.21. The molecule has 1 rings (SSSR count). The van der Waals surface area contributed by atoms with E-state index in [9.17, 15) is 4.79 Å². The van der Waals surface area contributed by atoms with E-state index in [0.29, 0.717) is 22.6 Å². The number of carbonyl (C=O) groups excluding carboxylic acids is 1. The second-order valence-electron chi connectivity index (χ2n) is 2.93. The van der Waals surface area contributed by atoms with E-state index in [2.05, 4.69) is 0 Å². The van der Waals surface area contributed by atoms with E-state index in [-0.39, 0.29) is 12.5 Å². The number of hydrogen-bond donors (Lipinski definition) is 1. The van der Waals surface area contributed by atoms with E-state index in [4.69, 9.17) is 33.0 Å². The summed E-state index contributed by atoms with van der Waals surface area (Å²) >= 11 is 11.2. The molecule has 0 aliphatic rings. The Kier molecular flexibility index (Phi) is 4.88. The normalized spacial score (nSPS) is 12.2. The summed E-state index contributed by atoms with van der Waals surface area (Å²) in [5.41, 5.74) is 0.477. The van der Waals surface area contributed by atoms with Crippen molar-refractivity contribution in [2.24, 2.45) is 0 Å². The average molecular weight is 249 g/mol. The smallest absolute Gasteiger partial charge is 0.150 e. The number of alkyl halides is 1. The van der Waals surface area contributed by atoms with Gasteiger partial charge in [0.2, 0.25) is 0 Å². The Bertz CT molecular complexity index is 341. The van der Waals surface area contributed by atoms with Gasteiger partial charge in [-0.3, -0.25) is 4.79 Å². The minimum Gasteiger partial charge on any atom is -0.489 e. The molecule has 0 spiro atoms. The van der Waals surface area contributed by atoms with E-state index in [0.717, 1.165) is 0 Å². The molecule has 5 heteroatoms. The standard InChI is InChI=1S/C10H10Cl2O3/c11-4-8(14)6-15-10-2-1-7(5-13)3-9(10)12/h1-3,5,8,14H,4,6H2. The number of carbonyl (C=O) groups is 1. The summed E-state index contributed by atoms with van der Waals surface area (Å²) in [7, 11) is 0. The molecular formula is C10H10Cl2O3. The predicted octanol–water partition coefficient (Wildman–Crippen LogP) is 2.13. The lowest BCUT2D eigenvalue weighted by Crippen LogP contribution is -2.18. The van der Waals surface area contributed by atoms with Crippen LogP contribution in [0.5, 0.6) is 5.75 Å². The maximum Gasteiger partial charge on any atom is 0.150 e. The van der Waals surface area contributed by atoms with Crippen molar-refractivity contribution in [1.82, 2.24) is 0 Å². The Hall–Kier alpha value is -0.770. The first-order valence-corrected chi connectivity index (χ1v) is 5.20. The van der Waals surface area contributed by atoms with Gasteiger partial charge in [0.25, 0.3) is 0 Å². The highest BCUT2D eigenvalue weighted by molar-refractivity contribution is 6.32. The van der Waals surface area contributed by atoms with Crippen LogP contribution in [0.2, 0.25) is 5.02 Å². The Labute approximate surface area is 97.6 Å². The summed E-state index contributed by atoms with van der Waals surface area (Å²) in [5, 5.41) is 9.49. The van der Waals surface area contributed by atoms with Gasteiger partial charge in [0, 0.05) is 5.56 Å². The number of halogens is 2. The third-order valence-corrected chi connectivity index (χ3v) is 2.35. The van der Waals surface area contributed by atoms with Gasteiger partial charge < -0.3 is 9.84 Å². The van der Waals surface area contributed by atoms with E-state index < -0.39 is 6.10 Å². The molecule has 0 heterocycles. The highest BCUT2D eigenvalue weighted by atomic mass is 35.5. The van der Waals surface area contributed by atoms with Crippen LogP contribution < -0.4 is 4.74 Å². The summed E-state index contributed by atoms with van der Waals surface area (Å²) in [6.45, 7) is 0.0731. The van der Waals surface area contributed by atoms with E-state index >= 15 is 0 Å². The van der Waals surface area contributed by atoms with Crippen LogP contribution in [0.15, 0.2) is 18.2 Å². The summed E-state index contributed by atoms with van der Waals surface area (Å²) in [5.74, 6) is 0.524. The predicted molar refractivity (Wildman–Crippen MR) is 59.1 cm³/mol. The van der Waals surface area contributed by atoms with Crippen molar-refractivity contribution in [3.05, 3.63) is 28.8 Å². The minimum atomic E-state index is -0.728.